The maximum Gasteiger partial charge on any atom is 0.0398 e. The molecule has 0 fully saturated rings. The van der Waals surface area contributed by atoms with Gasteiger partial charge in [0.05, 0.1) is 0 Å². The molecule has 0 unspecified atom stereocenters. The second-order valence-corrected chi connectivity index (χ2v) is 2.88. The molecule has 1 nitrogen and oxygen atoms in total. The molecule has 0 saturated carbocycles. The summed E-state index contributed by atoms with van der Waals surface area (Å²) in [7, 11) is 0. The summed E-state index contributed by atoms with van der Waals surface area (Å²) in [5.74, 6) is 0. The van der Waals surface area contributed by atoms with E-state index in [1.165, 1.54) is 5.57 Å². The molecule has 0 radical (unpaired) electrons. The van der Waals surface area contributed by atoms with E-state index in [0.717, 1.165) is 17.7 Å². The molecule has 0 aromatic rings. The van der Waals surface area contributed by atoms with Crippen molar-refractivity contribution in [2.45, 2.75) is 34.1 Å². The van der Waals surface area contributed by atoms with E-state index in [4.69, 9.17) is 0 Å². The lowest BCUT2D eigenvalue weighted by Crippen LogP contribution is -1.92. The Balaban J connectivity index is 4.23. The lowest BCUT2D eigenvalue weighted by atomic mass is 10.1. The van der Waals surface area contributed by atoms with Crippen molar-refractivity contribution in [2.75, 3.05) is 0 Å². The molecule has 0 amide bonds. The van der Waals surface area contributed by atoms with Crippen molar-refractivity contribution < 1.29 is 0 Å². The van der Waals surface area contributed by atoms with Gasteiger partial charge in [-0.15, -0.1) is 0 Å². The Morgan fingerprint density at radius 1 is 1.36 bits per heavy atom. The van der Waals surface area contributed by atoms with E-state index in [2.05, 4.69) is 18.5 Å². The summed E-state index contributed by atoms with van der Waals surface area (Å²) in [4.78, 5) is 4.25. The SMILES string of the molecule is C=C(CC)/C(C)=N/C=C(C)C. The average molecular weight is 151 g/mol. The van der Waals surface area contributed by atoms with Crippen LogP contribution < -0.4 is 0 Å². The van der Waals surface area contributed by atoms with Gasteiger partial charge in [0.15, 0.2) is 0 Å². The predicted molar refractivity (Wildman–Crippen MR) is 52.0 cm³/mol. The Bertz CT molecular complexity index is 193. The van der Waals surface area contributed by atoms with Crippen molar-refractivity contribution in [1.29, 1.82) is 0 Å². The topological polar surface area (TPSA) is 12.4 Å². The van der Waals surface area contributed by atoms with Crippen LogP contribution in [0.1, 0.15) is 34.1 Å². The summed E-state index contributed by atoms with van der Waals surface area (Å²) >= 11 is 0. The van der Waals surface area contributed by atoms with Gasteiger partial charge in [-0.05, 0) is 32.8 Å². The number of hydrogen-bond acceptors (Lipinski definition) is 1. The first-order valence-corrected chi connectivity index (χ1v) is 3.93. The minimum atomic E-state index is 0.978. The van der Waals surface area contributed by atoms with Gasteiger partial charge in [-0.1, -0.05) is 19.1 Å². The van der Waals surface area contributed by atoms with Crippen LogP contribution in [0.4, 0.5) is 0 Å². The van der Waals surface area contributed by atoms with Crippen LogP contribution in [0, 0.1) is 0 Å². The number of nitrogens with zero attached hydrogens (tertiary/aromatic N) is 1. The van der Waals surface area contributed by atoms with E-state index in [0.29, 0.717) is 0 Å². The van der Waals surface area contributed by atoms with Gasteiger partial charge in [0, 0.05) is 11.9 Å². The predicted octanol–water partition coefficient (Wildman–Crippen LogP) is 3.34. The van der Waals surface area contributed by atoms with Crippen LogP contribution in [0.5, 0.6) is 0 Å². The standard InChI is InChI=1S/C10H17N/c1-6-9(4)10(5)11-7-8(2)3/h7H,4,6H2,1-3,5H3/b11-10+. The Hall–Kier alpha value is -0.850. The third-order valence-electron chi connectivity index (χ3n) is 1.45. The molecule has 0 aromatic heterocycles. The van der Waals surface area contributed by atoms with Crippen LogP contribution >= 0.6 is 0 Å². The summed E-state index contributed by atoms with van der Waals surface area (Å²) in [5.41, 5.74) is 3.37. The molecule has 0 bridgehead atoms. The van der Waals surface area contributed by atoms with Crippen LogP contribution in [0.15, 0.2) is 28.9 Å². The molecule has 0 heterocycles. The molecule has 0 aliphatic carbocycles. The molecule has 0 N–H and O–H groups in total. The molecule has 0 aliphatic heterocycles. The Morgan fingerprint density at radius 2 is 1.91 bits per heavy atom. The summed E-state index contributed by atoms with van der Waals surface area (Å²) in [6.45, 7) is 12.0. The van der Waals surface area contributed by atoms with E-state index < -0.39 is 0 Å². The van der Waals surface area contributed by atoms with Gasteiger partial charge in [-0.2, -0.15) is 0 Å². The summed E-state index contributed by atoms with van der Waals surface area (Å²) in [6, 6.07) is 0. The zero-order chi connectivity index (χ0) is 8.85. The van der Waals surface area contributed by atoms with Gasteiger partial charge in [0.25, 0.3) is 0 Å². The smallest absolute Gasteiger partial charge is 0.0398 e. The molecule has 0 atom stereocenters. The highest BCUT2D eigenvalue weighted by Gasteiger charge is 1.92. The monoisotopic (exact) mass is 151 g/mol. The summed E-state index contributed by atoms with van der Waals surface area (Å²) < 4.78 is 0. The molecule has 0 saturated heterocycles. The van der Waals surface area contributed by atoms with Gasteiger partial charge >= 0.3 is 0 Å². The molecule has 62 valence electrons. The fourth-order valence-corrected chi connectivity index (χ4v) is 0.573. The van der Waals surface area contributed by atoms with E-state index >= 15 is 0 Å². The zero-order valence-corrected chi connectivity index (χ0v) is 7.94. The highest BCUT2D eigenvalue weighted by atomic mass is 14.7. The lowest BCUT2D eigenvalue weighted by molar-refractivity contribution is 1.17. The van der Waals surface area contributed by atoms with Crippen molar-refractivity contribution in [3.05, 3.63) is 23.9 Å². The Morgan fingerprint density at radius 3 is 2.27 bits per heavy atom. The largest absolute Gasteiger partial charge is 0.261 e. The molecule has 1 heteroatoms. The van der Waals surface area contributed by atoms with E-state index in [1.807, 2.05) is 27.0 Å². The van der Waals surface area contributed by atoms with Gasteiger partial charge in [0.1, 0.15) is 0 Å². The van der Waals surface area contributed by atoms with Gasteiger partial charge in [-0.25, -0.2) is 0 Å². The highest BCUT2D eigenvalue weighted by molar-refractivity contribution is 5.97. The molecule has 0 aromatic carbocycles. The van der Waals surface area contributed by atoms with E-state index in [9.17, 15) is 0 Å². The van der Waals surface area contributed by atoms with Crippen LogP contribution in [0.25, 0.3) is 0 Å². The summed E-state index contributed by atoms with van der Waals surface area (Å²) in [5, 5.41) is 0. The molecule has 0 aliphatic rings. The fourth-order valence-electron chi connectivity index (χ4n) is 0.573. The van der Waals surface area contributed by atoms with Crippen molar-refractivity contribution in [2.24, 2.45) is 4.99 Å². The van der Waals surface area contributed by atoms with Crippen molar-refractivity contribution in [3.63, 3.8) is 0 Å². The minimum Gasteiger partial charge on any atom is -0.261 e. The van der Waals surface area contributed by atoms with Crippen molar-refractivity contribution in [1.82, 2.24) is 0 Å². The quantitative estimate of drug-likeness (QED) is 0.548. The van der Waals surface area contributed by atoms with E-state index in [1.54, 1.807) is 0 Å². The first-order valence-electron chi connectivity index (χ1n) is 3.93. The van der Waals surface area contributed by atoms with Crippen LogP contribution in [0.2, 0.25) is 0 Å². The number of hydrogen-bond donors (Lipinski definition) is 0. The molecule has 11 heavy (non-hydrogen) atoms. The Kier molecular flexibility index (Phi) is 4.51. The van der Waals surface area contributed by atoms with Crippen molar-refractivity contribution in [3.8, 4) is 0 Å². The Labute approximate surface area is 69.5 Å². The number of aliphatic imine (C=N–C) groups is 1. The fraction of sp³-hybridized carbons (Fsp3) is 0.500. The normalized spacial score (nSPS) is 11.1. The molecule has 0 rings (SSSR count). The van der Waals surface area contributed by atoms with Gasteiger partial charge < -0.3 is 0 Å². The van der Waals surface area contributed by atoms with Crippen LogP contribution in [-0.4, -0.2) is 5.71 Å². The molecular weight excluding hydrogens is 134 g/mol. The van der Waals surface area contributed by atoms with Gasteiger partial charge in [0.2, 0.25) is 0 Å². The summed E-state index contributed by atoms with van der Waals surface area (Å²) in [6.07, 6.45) is 2.85. The molecular formula is C10H17N. The first kappa shape index (κ1) is 10.2. The third-order valence-corrected chi connectivity index (χ3v) is 1.45. The maximum atomic E-state index is 4.25. The van der Waals surface area contributed by atoms with Crippen molar-refractivity contribution >= 4 is 5.71 Å². The number of rotatable bonds is 3. The average Bonchev–Trinajstić information content (AvgIpc) is 1.98. The first-order chi connectivity index (χ1) is 5.07. The zero-order valence-electron chi connectivity index (χ0n) is 7.94. The highest BCUT2D eigenvalue weighted by Crippen LogP contribution is 2.01. The second-order valence-electron chi connectivity index (χ2n) is 2.88. The lowest BCUT2D eigenvalue weighted by Gasteiger charge is -1.98. The second kappa shape index (κ2) is 4.89. The van der Waals surface area contributed by atoms with Crippen LogP contribution in [0.3, 0.4) is 0 Å². The number of allylic oxidation sites excluding steroid dienone is 2. The molecule has 0 spiro atoms. The van der Waals surface area contributed by atoms with Gasteiger partial charge in [-0.3, -0.25) is 4.99 Å². The van der Waals surface area contributed by atoms with Crippen LogP contribution in [-0.2, 0) is 0 Å². The minimum absolute atomic E-state index is 0.978. The third kappa shape index (κ3) is 4.54. The maximum absolute atomic E-state index is 4.25. The van der Waals surface area contributed by atoms with E-state index in [-0.39, 0.29) is 0 Å².